The van der Waals surface area contributed by atoms with Crippen LogP contribution in [0, 0.1) is 15.9 Å². The molecule has 0 atom stereocenters. The predicted molar refractivity (Wildman–Crippen MR) is 103 cm³/mol. The lowest BCUT2D eigenvalue weighted by Crippen LogP contribution is -2.22. The van der Waals surface area contributed by atoms with Crippen molar-refractivity contribution < 1.29 is 9.31 Å². The first-order chi connectivity index (χ1) is 12.3. The predicted octanol–water partition coefficient (Wildman–Crippen LogP) is 4.54. The summed E-state index contributed by atoms with van der Waals surface area (Å²) < 4.78 is 14.4. The van der Waals surface area contributed by atoms with Crippen LogP contribution in [0.3, 0.4) is 0 Å². The summed E-state index contributed by atoms with van der Waals surface area (Å²) in [4.78, 5) is 16.9. The van der Waals surface area contributed by atoms with Gasteiger partial charge in [-0.25, -0.2) is 9.37 Å². The van der Waals surface area contributed by atoms with Gasteiger partial charge in [0.2, 0.25) is 5.82 Å². The van der Waals surface area contributed by atoms with E-state index in [0.717, 1.165) is 0 Å². The van der Waals surface area contributed by atoms with Gasteiger partial charge in [0.1, 0.15) is 11.6 Å². The molecule has 1 heterocycles. The second kappa shape index (κ2) is 8.46. The number of benzene rings is 1. The van der Waals surface area contributed by atoms with Crippen molar-refractivity contribution in [3.05, 3.63) is 46.3 Å². The average Bonchev–Trinajstić information content (AvgIpc) is 2.57. The van der Waals surface area contributed by atoms with E-state index in [-0.39, 0.29) is 17.5 Å². The molecule has 0 aliphatic carbocycles. The van der Waals surface area contributed by atoms with Gasteiger partial charge in [0.25, 0.3) is 0 Å². The van der Waals surface area contributed by atoms with Gasteiger partial charge in [0.05, 0.1) is 10.6 Å². The number of rotatable bonds is 8. The molecule has 1 aromatic carbocycles. The van der Waals surface area contributed by atoms with Crippen molar-refractivity contribution in [2.45, 2.75) is 33.7 Å². The first-order valence-corrected chi connectivity index (χ1v) is 8.59. The van der Waals surface area contributed by atoms with E-state index >= 15 is 0 Å². The van der Waals surface area contributed by atoms with Crippen LogP contribution >= 0.6 is 0 Å². The molecule has 8 heteroatoms. The van der Waals surface area contributed by atoms with E-state index in [0.29, 0.717) is 30.3 Å². The summed E-state index contributed by atoms with van der Waals surface area (Å²) in [5.41, 5.74) is 0.724. The molecule has 0 unspecified atom stereocenters. The molecule has 2 aromatic rings. The summed E-state index contributed by atoms with van der Waals surface area (Å²) in [6, 6.07) is 7.72. The third kappa shape index (κ3) is 4.59. The van der Waals surface area contributed by atoms with E-state index in [1.54, 1.807) is 18.2 Å². The van der Waals surface area contributed by atoms with Crippen LogP contribution in [-0.2, 0) is 0 Å². The molecule has 7 nitrogen and oxygen atoms in total. The molecule has 0 spiro atoms. The molecule has 140 valence electrons. The molecular formula is C18H24FN5O2. The summed E-state index contributed by atoms with van der Waals surface area (Å²) in [7, 11) is 0. The highest BCUT2D eigenvalue weighted by Crippen LogP contribution is 2.29. The summed E-state index contributed by atoms with van der Waals surface area (Å²) in [6.07, 6.45) is 0. The van der Waals surface area contributed by atoms with Crippen molar-refractivity contribution >= 4 is 28.7 Å². The molecule has 1 aromatic heterocycles. The summed E-state index contributed by atoms with van der Waals surface area (Å²) >= 11 is 0. The van der Waals surface area contributed by atoms with Gasteiger partial charge in [-0.05, 0) is 52.0 Å². The maximum Gasteiger partial charge on any atom is 0.311 e. The minimum absolute atomic E-state index is 0.0654. The molecule has 2 N–H and O–H groups in total. The fourth-order valence-corrected chi connectivity index (χ4v) is 2.61. The lowest BCUT2D eigenvalue weighted by Gasteiger charge is -2.22. The van der Waals surface area contributed by atoms with Gasteiger partial charge in [-0.2, -0.15) is 0 Å². The van der Waals surface area contributed by atoms with Gasteiger partial charge in [-0.15, -0.1) is 0 Å². The Bertz CT molecular complexity index is 778. The quantitative estimate of drug-likeness (QED) is 0.530. The zero-order chi connectivity index (χ0) is 19.3. The molecule has 0 saturated heterocycles. The average molecular weight is 361 g/mol. The van der Waals surface area contributed by atoms with E-state index in [2.05, 4.69) is 15.6 Å². The largest absolute Gasteiger partial charge is 0.370 e. The standard InChI is InChI=1S/C18H24FN5O2/c1-5-23(6-2)15-8-7-13(11-14(15)19)21-18-16(24(25)26)9-10-17(22-18)20-12(3)4/h7-12H,5-6H2,1-4H3,(H2,20,21,22). The van der Waals surface area contributed by atoms with Crippen molar-refractivity contribution in [3.63, 3.8) is 0 Å². The number of nitro groups is 1. The Labute approximate surface area is 152 Å². The molecule has 0 fully saturated rings. The maximum atomic E-state index is 14.4. The zero-order valence-electron chi connectivity index (χ0n) is 15.4. The lowest BCUT2D eigenvalue weighted by atomic mass is 10.2. The number of hydrogen-bond acceptors (Lipinski definition) is 6. The molecule has 0 radical (unpaired) electrons. The number of nitrogens with zero attached hydrogens (tertiary/aromatic N) is 3. The highest BCUT2D eigenvalue weighted by atomic mass is 19.1. The number of hydrogen-bond donors (Lipinski definition) is 2. The fourth-order valence-electron chi connectivity index (χ4n) is 2.61. The van der Waals surface area contributed by atoms with Gasteiger partial charge >= 0.3 is 5.69 Å². The van der Waals surface area contributed by atoms with E-state index in [1.165, 1.54) is 12.1 Å². The molecule has 0 bridgehead atoms. The fraction of sp³-hybridized carbons (Fsp3) is 0.389. The second-order valence-corrected chi connectivity index (χ2v) is 6.08. The third-order valence-electron chi connectivity index (χ3n) is 3.82. The van der Waals surface area contributed by atoms with Crippen molar-refractivity contribution in [2.24, 2.45) is 0 Å². The van der Waals surface area contributed by atoms with Crippen molar-refractivity contribution in [2.75, 3.05) is 28.6 Å². The maximum absolute atomic E-state index is 14.4. The minimum Gasteiger partial charge on any atom is -0.370 e. The third-order valence-corrected chi connectivity index (χ3v) is 3.82. The van der Waals surface area contributed by atoms with Crippen LogP contribution in [0.2, 0.25) is 0 Å². The van der Waals surface area contributed by atoms with Gasteiger partial charge < -0.3 is 15.5 Å². The Kier molecular flexibility index (Phi) is 6.32. The van der Waals surface area contributed by atoms with Crippen LogP contribution in [0.15, 0.2) is 30.3 Å². The van der Waals surface area contributed by atoms with Gasteiger partial charge in [0, 0.05) is 30.9 Å². The van der Waals surface area contributed by atoms with Crippen LogP contribution in [0.5, 0.6) is 0 Å². The Morgan fingerprint density at radius 1 is 1.23 bits per heavy atom. The van der Waals surface area contributed by atoms with Crippen molar-refractivity contribution in [3.8, 4) is 0 Å². The van der Waals surface area contributed by atoms with Gasteiger partial charge in [0.15, 0.2) is 0 Å². The number of aromatic nitrogens is 1. The van der Waals surface area contributed by atoms with Gasteiger partial charge in [-0.1, -0.05) is 0 Å². The first kappa shape index (κ1) is 19.4. The smallest absolute Gasteiger partial charge is 0.311 e. The van der Waals surface area contributed by atoms with Crippen molar-refractivity contribution in [1.29, 1.82) is 0 Å². The normalized spacial score (nSPS) is 10.7. The topological polar surface area (TPSA) is 83.3 Å². The number of pyridine rings is 1. The highest BCUT2D eigenvalue weighted by molar-refractivity contribution is 5.69. The minimum atomic E-state index is -0.519. The zero-order valence-corrected chi connectivity index (χ0v) is 15.4. The molecule has 0 saturated carbocycles. The van der Waals surface area contributed by atoms with E-state index in [1.807, 2.05) is 32.6 Å². The first-order valence-electron chi connectivity index (χ1n) is 8.59. The molecule has 0 aliphatic heterocycles. The number of nitrogens with one attached hydrogen (secondary N) is 2. The van der Waals surface area contributed by atoms with E-state index in [4.69, 9.17) is 0 Å². The Balaban J connectivity index is 2.34. The Morgan fingerprint density at radius 2 is 1.92 bits per heavy atom. The molecular weight excluding hydrogens is 337 g/mol. The number of halogens is 1. The summed E-state index contributed by atoms with van der Waals surface area (Å²) in [6.45, 7) is 9.17. The SMILES string of the molecule is CCN(CC)c1ccc(Nc2nc(NC(C)C)ccc2[N+](=O)[O-])cc1F. The molecule has 0 aliphatic rings. The number of anilines is 4. The summed E-state index contributed by atoms with van der Waals surface area (Å²) in [5, 5.41) is 17.2. The van der Waals surface area contributed by atoms with Crippen molar-refractivity contribution in [1.82, 2.24) is 4.98 Å². The van der Waals surface area contributed by atoms with E-state index in [9.17, 15) is 14.5 Å². The molecule has 2 rings (SSSR count). The summed E-state index contributed by atoms with van der Waals surface area (Å²) in [5.74, 6) is 0.182. The monoisotopic (exact) mass is 361 g/mol. The second-order valence-electron chi connectivity index (χ2n) is 6.08. The van der Waals surface area contributed by atoms with E-state index < -0.39 is 10.7 Å². The van der Waals surface area contributed by atoms with Crippen LogP contribution in [0.4, 0.5) is 33.1 Å². The Hall–Kier alpha value is -2.90. The molecule has 0 amide bonds. The van der Waals surface area contributed by atoms with Crippen LogP contribution in [0.1, 0.15) is 27.7 Å². The lowest BCUT2D eigenvalue weighted by molar-refractivity contribution is -0.384. The van der Waals surface area contributed by atoms with Gasteiger partial charge in [-0.3, -0.25) is 10.1 Å². The Morgan fingerprint density at radius 3 is 2.46 bits per heavy atom. The highest BCUT2D eigenvalue weighted by Gasteiger charge is 2.17. The molecule has 26 heavy (non-hydrogen) atoms. The van der Waals surface area contributed by atoms with Crippen LogP contribution in [0.25, 0.3) is 0 Å². The van der Waals surface area contributed by atoms with Crippen LogP contribution in [-0.4, -0.2) is 29.0 Å². The van der Waals surface area contributed by atoms with Crippen LogP contribution < -0.4 is 15.5 Å².